The zero-order valence-corrected chi connectivity index (χ0v) is 15.5. The van der Waals surface area contributed by atoms with Crippen molar-refractivity contribution in [3.05, 3.63) is 58.4 Å². The number of amides is 2. The van der Waals surface area contributed by atoms with E-state index in [0.717, 1.165) is 18.2 Å². The molecule has 1 aliphatic heterocycles. The molecule has 2 N–H and O–H groups in total. The fraction of sp³-hybridized carbons (Fsp3) is 0.263. The molecule has 1 aliphatic rings. The Hall–Kier alpha value is -2.81. The Morgan fingerprint density at radius 2 is 1.90 bits per heavy atom. The molecule has 1 heterocycles. The van der Waals surface area contributed by atoms with E-state index in [-0.39, 0.29) is 28.8 Å². The van der Waals surface area contributed by atoms with Crippen molar-refractivity contribution in [3.8, 4) is 11.5 Å². The highest BCUT2D eigenvalue weighted by atomic mass is 35.5. The van der Waals surface area contributed by atoms with Crippen molar-refractivity contribution < 1.29 is 31.9 Å². The first-order valence-electron chi connectivity index (χ1n) is 8.55. The van der Waals surface area contributed by atoms with E-state index in [1.165, 1.54) is 12.1 Å². The minimum absolute atomic E-state index is 0.00665. The largest absolute Gasteiger partial charge is 0.453 e. The summed E-state index contributed by atoms with van der Waals surface area (Å²) in [7, 11) is 0. The van der Waals surface area contributed by atoms with Gasteiger partial charge < -0.3 is 15.4 Å². The topological polar surface area (TPSA) is 67.4 Å². The van der Waals surface area contributed by atoms with Crippen molar-refractivity contribution in [1.29, 1.82) is 0 Å². The van der Waals surface area contributed by atoms with Gasteiger partial charge in [-0.1, -0.05) is 11.6 Å². The molecule has 154 valence electrons. The van der Waals surface area contributed by atoms with Crippen LogP contribution in [0.25, 0.3) is 0 Å². The molecular weight excluding hydrogens is 416 g/mol. The van der Waals surface area contributed by atoms with Crippen LogP contribution in [0, 0.1) is 5.82 Å². The second kappa shape index (κ2) is 8.28. The van der Waals surface area contributed by atoms with Crippen molar-refractivity contribution in [2.75, 3.05) is 6.54 Å². The molecule has 29 heavy (non-hydrogen) atoms. The molecule has 3 rings (SSSR count). The number of hydrogen-bond donors (Lipinski definition) is 2. The molecule has 0 spiro atoms. The van der Waals surface area contributed by atoms with Crippen molar-refractivity contribution >= 4 is 23.4 Å². The van der Waals surface area contributed by atoms with E-state index in [1.807, 2.05) is 0 Å². The van der Waals surface area contributed by atoms with Crippen LogP contribution < -0.4 is 15.4 Å². The van der Waals surface area contributed by atoms with Gasteiger partial charge in [0, 0.05) is 24.0 Å². The Morgan fingerprint density at radius 1 is 1.17 bits per heavy atom. The molecule has 2 aromatic carbocycles. The van der Waals surface area contributed by atoms with Crippen LogP contribution in [0.3, 0.4) is 0 Å². The average Bonchev–Trinajstić information content (AvgIpc) is 2.63. The fourth-order valence-corrected chi connectivity index (χ4v) is 2.98. The van der Waals surface area contributed by atoms with E-state index in [9.17, 15) is 27.2 Å². The molecule has 0 aromatic heterocycles. The number of carbonyl (C=O) groups is 2. The molecule has 1 fully saturated rings. The smallest absolute Gasteiger partial charge is 0.416 e. The minimum Gasteiger partial charge on any atom is -0.453 e. The van der Waals surface area contributed by atoms with E-state index in [1.54, 1.807) is 0 Å². The predicted octanol–water partition coefficient (Wildman–Crippen LogP) is 4.30. The first kappa shape index (κ1) is 20.9. The van der Waals surface area contributed by atoms with Crippen LogP contribution in [-0.2, 0) is 11.0 Å². The lowest BCUT2D eigenvalue weighted by molar-refractivity contribution is -0.137. The monoisotopic (exact) mass is 430 g/mol. The number of piperidine rings is 1. The lowest BCUT2D eigenvalue weighted by Gasteiger charge is -2.23. The Labute approximate surface area is 168 Å². The van der Waals surface area contributed by atoms with Gasteiger partial charge in [-0.05, 0) is 42.8 Å². The molecule has 0 aliphatic carbocycles. The van der Waals surface area contributed by atoms with Crippen LogP contribution in [0.1, 0.15) is 28.8 Å². The number of benzene rings is 2. The Kier molecular flexibility index (Phi) is 5.97. The van der Waals surface area contributed by atoms with E-state index in [2.05, 4.69) is 10.6 Å². The maximum absolute atomic E-state index is 14.0. The summed E-state index contributed by atoms with van der Waals surface area (Å²) >= 11 is 5.68. The number of ether oxygens (including phenoxy) is 1. The van der Waals surface area contributed by atoms with Crippen molar-refractivity contribution in [2.24, 2.45) is 0 Å². The first-order valence-corrected chi connectivity index (χ1v) is 8.93. The highest BCUT2D eigenvalue weighted by molar-refractivity contribution is 6.30. The van der Waals surface area contributed by atoms with E-state index in [4.69, 9.17) is 16.3 Å². The van der Waals surface area contributed by atoms with Gasteiger partial charge in [0.1, 0.15) is 5.75 Å². The quantitative estimate of drug-likeness (QED) is 0.711. The molecule has 10 heteroatoms. The normalized spacial score (nSPS) is 16.9. The number of nitrogens with one attached hydrogen (secondary N) is 2. The Bertz CT molecular complexity index is 950. The van der Waals surface area contributed by atoms with Crippen LogP contribution >= 0.6 is 11.6 Å². The third-order valence-corrected chi connectivity index (χ3v) is 4.48. The second-order valence-electron chi connectivity index (χ2n) is 6.40. The molecule has 1 atom stereocenters. The second-order valence-corrected chi connectivity index (χ2v) is 6.84. The van der Waals surface area contributed by atoms with Crippen molar-refractivity contribution in [1.82, 2.24) is 10.6 Å². The van der Waals surface area contributed by atoms with Gasteiger partial charge >= 0.3 is 6.18 Å². The van der Waals surface area contributed by atoms with Gasteiger partial charge in [0.2, 0.25) is 5.91 Å². The van der Waals surface area contributed by atoms with Gasteiger partial charge in [-0.3, -0.25) is 9.59 Å². The van der Waals surface area contributed by atoms with Crippen molar-refractivity contribution in [2.45, 2.75) is 25.1 Å². The molecule has 0 radical (unpaired) electrons. The lowest BCUT2D eigenvalue weighted by atomic mass is 10.0. The number of carbonyl (C=O) groups excluding carboxylic acids is 2. The number of alkyl halides is 3. The average molecular weight is 431 g/mol. The van der Waals surface area contributed by atoms with Gasteiger partial charge in [-0.2, -0.15) is 13.2 Å². The summed E-state index contributed by atoms with van der Waals surface area (Å²) in [6.45, 7) is 0.339. The number of halogens is 5. The van der Waals surface area contributed by atoms with E-state index >= 15 is 0 Å². The highest BCUT2D eigenvalue weighted by Crippen LogP contribution is 2.35. The summed E-state index contributed by atoms with van der Waals surface area (Å²) in [6, 6.07) is 5.27. The summed E-state index contributed by atoms with van der Waals surface area (Å²) in [5.41, 5.74) is -1.49. The Balaban J connectivity index is 1.92. The van der Waals surface area contributed by atoms with E-state index < -0.39 is 35.1 Å². The molecule has 1 saturated heterocycles. The molecular formula is C19H15ClF4N2O3. The van der Waals surface area contributed by atoms with Gasteiger partial charge in [-0.15, -0.1) is 0 Å². The van der Waals surface area contributed by atoms with Crippen LogP contribution in [0.4, 0.5) is 17.6 Å². The summed E-state index contributed by atoms with van der Waals surface area (Å²) in [5, 5.41) is 5.23. The van der Waals surface area contributed by atoms with Gasteiger partial charge in [0.15, 0.2) is 11.6 Å². The number of rotatable bonds is 4. The van der Waals surface area contributed by atoms with Crippen LogP contribution in [0.5, 0.6) is 11.5 Å². The minimum atomic E-state index is -4.69. The molecule has 2 amide bonds. The SMILES string of the molecule is O=C1CC(NC(=O)c2cc(C(F)(F)F)ccc2Oc2ccc(Cl)cc2F)CCN1. The van der Waals surface area contributed by atoms with Crippen LogP contribution in [0.15, 0.2) is 36.4 Å². The number of hydrogen-bond acceptors (Lipinski definition) is 3. The summed E-state index contributed by atoms with van der Waals surface area (Å²) in [4.78, 5) is 24.1. The zero-order valence-electron chi connectivity index (χ0n) is 14.8. The van der Waals surface area contributed by atoms with Gasteiger partial charge in [0.05, 0.1) is 11.1 Å². The lowest BCUT2D eigenvalue weighted by Crippen LogP contribution is -2.45. The first-order chi connectivity index (χ1) is 13.6. The van der Waals surface area contributed by atoms with Crippen LogP contribution in [0.2, 0.25) is 5.02 Å². The molecule has 0 bridgehead atoms. The molecule has 5 nitrogen and oxygen atoms in total. The fourth-order valence-electron chi connectivity index (χ4n) is 2.82. The summed E-state index contributed by atoms with van der Waals surface area (Å²) in [6.07, 6.45) is -4.26. The predicted molar refractivity (Wildman–Crippen MR) is 96.4 cm³/mol. The molecule has 1 unspecified atom stereocenters. The standard InChI is InChI=1S/C19H15ClF4N2O3/c20-11-2-4-16(14(21)8-11)29-15-3-1-10(19(22,23)24)7-13(15)18(28)26-12-5-6-25-17(27)9-12/h1-4,7-8,12H,5-6,9H2,(H,25,27)(H,26,28). The summed E-state index contributed by atoms with van der Waals surface area (Å²) < 4.78 is 58.7. The molecule has 0 saturated carbocycles. The van der Waals surface area contributed by atoms with Crippen LogP contribution in [-0.4, -0.2) is 24.4 Å². The van der Waals surface area contributed by atoms with E-state index in [0.29, 0.717) is 19.0 Å². The maximum Gasteiger partial charge on any atom is 0.416 e. The molecule has 2 aromatic rings. The maximum atomic E-state index is 14.0. The zero-order chi connectivity index (χ0) is 21.2. The van der Waals surface area contributed by atoms with Gasteiger partial charge in [0.25, 0.3) is 5.91 Å². The van der Waals surface area contributed by atoms with Gasteiger partial charge in [-0.25, -0.2) is 4.39 Å². The third kappa shape index (κ3) is 5.17. The highest BCUT2D eigenvalue weighted by Gasteiger charge is 2.33. The summed E-state index contributed by atoms with van der Waals surface area (Å²) in [5.74, 6) is -2.55. The Morgan fingerprint density at radius 3 is 2.55 bits per heavy atom. The van der Waals surface area contributed by atoms with Crippen molar-refractivity contribution in [3.63, 3.8) is 0 Å². The third-order valence-electron chi connectivity index (χ3n) is 4.25.